The van der Waals surface area contributed by atoms with Crippen LogP contribution in [0, 0.1) is 11.3 Å². The smallest absolute Gasteiger partial charge is 0.248 e. The van der Waals surface area contributed by atoms with Crippen molar-refractivity contribution in [3.8, 4) is 11.8 Å². The Balaban J connectivity index is 1.52. The second-order valence-corrected chi connectivity index (χ2v) is 9.54. The molecule has 2 aromatic carbocycles. The number of rotatable bonds is 9. The molecule has 1 aliphatic heterocycles. The topological polar surface area (TPSA) is 117 Å². The number of morpholine rings is 1. The van der Waals surface area contributed by atoms with E-state index in [0.29, 0.717) is 72.1 Å². The fraction of sp³-hybridized carbons (Fsp3) is 0.333. The summed E-state index contributed by atoms with van der Waals surface area (Å²) in [5, 5.41) is 22.6. The number of nitriles is 1. The highest BCUT2D eigenvalue weighted by atomic mass is 16.5. The van der Waals surface area contributed by atoms with Gasteiger partial charge >= 0.3 is 0 Å². The van der Waals surface area contributed by atoms with Crippen molar-refractivity contribution in [2.75, 3.05) is 50.1 Å². The summed E-state index contributed by atoms with van der Waals surface area (Å²) in [7, 11) is 1.90. The molecule has 0 atom stereocenters. The van der Waals surface area contributed by atoms with E-state index in [1.54, 1.807) is 0 Å². The number of carbonyl (C=O) groups excluding carboxylic acids is 1. The van der Waals surface area contributed by atoms with Crippen molar-refractivity contribution in [1.29, 1.82) is 5.26 Å². The number of aryl methyl sites for hydroxylation is 2. The van der Waals surface area contributed by atoms with E-state index in [4.69, 9.17) is 14.5 Å². The summed E-state index contributed by atoms with van der Waals surface area (Å²) in [4.78, 5) is 19.9. The van der Waals surface area contributed by atoms with Crippen molar-refractivity contribution in [2.45, 2.75) is 20.3 Å². The Labute approximate surface area is 233 Å². The van der Waals surface area contributed by atoms with Gasteiger partial charge in [0.1, 0.15) is 11.8 Å². The fourth-order valence-electron chi connectivity index (χ4n) is 4.87. The number of nitrogens with zero attached hydrogens (tertiary/aromatic N) is 5. The van der Waals surface area contributed by atoms with Crippen LogP contribution in [-0.2, 0) is 23.0 Å². The third kappa shape index (κ3) is 5.76. The lowest BCUT2D eigenvalue weighted by Gasteiger charge is -2.25. The number of ether oxygens (including phenoxy) is 2. The Bertz CT molecular complexity index is 1610. The lowest BCUT2D eigenvalue weighted by molar-refractivity contribution is -0.111. The summed E-state index contributed by atoms with van der Waals surface area (Å²) in [5.74, 6) is 0.260. The molecule has 0 radical (unpaired) electrons. The van der Waals surface area contributed by atoms with Crippen LogP contribution in [0.25, 0.3) is 21.8 Å². The maximum absolute atomic E-state index is 12.9. The van der Waals surface area contributed by atoms with Crippen molar-refractivity contribution in [2.24, 2.45) is 7.05 Å². The van der Waals surface area contributed by atoms with Crippen LogP contribution in [0.15, 0.2) is 48.7 Å². The van der Waals surface area contributed by atoms with Crippen molar-refractivity contribution in [3.63, 3.8) is 0 Å². The van der Waals surface area contributed by atoms with Crippen LogP contribution < -0.4 is 15.4 Å². The van der Waals surface area contributed by atoms with Crippen LogP contribution in [0.3, 0.4) is 0 Å². The van der Waals surface area contributed by atoms with Crippen LogP contribution in [-0.4, -0.2) is 65.0 Å². The molecule has 0 aliphatic carbocycles. The molecule has 5 rings (SSSR count). The van der Waals surface area contributed by atoms with E-state index in [1.165, 1.54) is 6.08 Å². The Morgan fingerprint density at radius 1 is 1.23 bits per heavy atom. The lowest BCUT2D eigenvalue weighted by Crippen LogP contribution is -2.36. The molecule has 4 aromatic rings. The summed E-state index contributed by atoms with van der Waals surface area (Å²) in [5.41, 5.74) is 4.79. The van der Waals surface area contributed by atoms with Crippen LogP contribution >= 0.6 is 0 Å². The predicted molar refractivity (Wildman–Crippen MR) is 156 cm³/mol. The van der Waals surface area contributed by atoms with Crippen molar-refractivity contribution in [3.05, 3.63) is 59.9 Å². The zero-order valence-corrected chi connectivity index (χ0v) is 23.0. The highest BCUT2D eigenvalue weighted by Gasteiger charge is 2.19. The summed E-state index contributed by atoms with van der Waals surface area (Å²) in [6, 6.07) is 11.9. The zero-order valence-electron chi connectivity index (χ0n) is 23.0. The number of hydrogen-bond acceptors (Lipinski definition) is 8. The molecule has 0 spiro atoms. The van der Waals surface area contributed by atoms with Gasteiger partial charge in [0.15, 0.2) is 0 Å². The van der Waals surface area contributed by atoms with E-state index in [1.807, 2.05) is 68.2 Å². The molecule has 1 saturated heterocycles. The molecule has 0 saturated carbocycles. The molecule has 1 aliphatic rings. The molecule has 10 heteroatoms. The molecule has 206 valence electrons. The molecule has 40 heavy (non-hydrogen) atoms. The number of nitrogens with one attached hydrogen (secondary N) is 2. The number of aromatic nitrogens is 3. The van der Waals surface area contributed by atoms with E-state index in [-0.39, 0.29) is 5.91 Å². The highest BCUT2D eigenvalue weighted by Crippen LogP contribution is 2.38. The van der Waals surface area contributed by atoms with Gasteiger partial charge in [0.2, 0.25) is 5.91 Å². The van der Waals surface area contributed by atoms with E-state index >= 15 is 0 Å². The van der Waals surface area contributed by atoms with Gasteiger partial charge in [-0.05, 0) is 37.6 Å². The molecule has 2 N–H and O–H groups in total. The first-order valence-electron chi connectivity index (χ1n) is 13.5. The number of anilines is 3. The molecule has 10 nitrogen and oxygen atoms in total. The van der Waals surface area contributed by atoms with E-state index in [9.17, 15) is 10.1 Å². The lowest BCUT2D eigenvalue weighted by atomic mass is 10.0. The second kappa shape index (κ2) is 12.2. The minimum absolute atomic E-state index is 0.260. The third-order valence-electron chi connectivity index (χ3n) is 6.92. The molecule has 1 fully saturated rings. The summed E-state index contributed by atoms with van der Waals surface area (Å²) < 4.78 is 13.1. The van der Waals surface area contributed by atoms with Crippen LogP contribution in [0.2, 0.25) is 0 Å². The summed E-state index contributed by atoms with van der Waals surface area (Å²) >= 11 is 0. The number of carbonyl (C=O) groups is 1. The summed E-state index contributed by atoms with van der Waals surface area (Å²) in [6.45, 7) is 8.08. The Morgan fingerprint density at radius 2 is 2.05 bits per heavy atom. The molecule has 3 heterocycles. The first kappa shape index (κ1) is 27.1. The molecule has 0 unspecified atom stereocenters. The van der Waals surface area contributed by atoms with Crippen LogP contribution in [0.4, 0.5) is 17.1 Å². The Hall–Kier alpha value is -4.46. The van der Waals surface area contributed by atoms with Gasteiger partial charge in [-0.15, -0.1) is 0 Å². The normalized spacial score (nSPS) is 14.1. The quantitative estimate of drug-likeness (QED) is 0.298. The monoisotopic (exact) mass is 539 g/mol. The standard InChI is InChI=1S/C30H33N7O3/c1-4-24-23(18-31)30(33-21-8-9-27-20(15-21)19-32-36(27)3)22-16-26(28(40-5-2)17-25(22)34-24)35-29(38)7-6-10-37-11-13-39-14-12-37/h6-9,15-17,19H,4-5,10-14H2,1-3H3,(H,33,34)(H,35,38)/b7-6+. The minimum atomic E-state index is -0.260. The SMILES string of the molecule is CCOc1cc2nc(CC)c(C#N)c(Nc3ccc4c(cnn4C)c3)c2cc1NC(=O)/C=C/CN1CCOCC1. The average molecular weight is 540 g/mol. The largest absolute Gasteiger partial charge is 0.492 e. The van der Waals surface area contributed by atoms with E-state index in [2.05, 4.69) is 26.7 Å². The average Bonchev–Trinajstić information content (AvgIpc) is 3.33. The fourth-order valence-corrected chi connectivity index (χ4v) is 4.87. The number of fused-ring (bicyclic) bond motifs is 2. The third-order valence-corrected chi connectivity index (χ3v) is 6.92. The van der Waals surface area contributed by atoms with Crippen molar-refractivity contribution >= 4 is 44.8 Å². The predicted octanol–water partition coefficient (Wildman–Crippen LogP) is 4.52. The number of pyridine rings is 1. The maximum Gasteiger partial charge on any atom is 0.248 e. The van der Waals surface area contributed by atoms with Crippen LogP contribution in [0.5, 0.6) is 5.75 Å². The Morgan fingerprint density at radius 3 is 2.80 bits per heavy atom. The molecule has 1 amide bonds. The van der Waals surface area contributed by atoms with Gasteiger partial charge in [-0.1, -0.05) is 13.0 Å². The molecule has 0 bridgehead atoms. The van der Waals surface area contributed by atoms with E-state index in [0.717, 1.165) is 29.7 Å². The van der Waals surface area contributed by atoms with Gasteiger partial charge < -0.3 is 20.1 Å². The first-order valence-corrected chi connectivity index (χ1v) is 13.5. The number of amides is 1. The number of hydrogen-bond donors (Lipinski definition) is 2. The Kier molecular flexibility index (Phi) is 8.24. The molecule has 2 aromatic heterocycles. The zero-order chi connectivity index (χ0) is 28.1. The van der Waals surface area contributed by atoms with Crippen molar-refractivity contribution in [1.82, 2.24) is 19.7 Å². The second-order valence-electron chi connectivity index (χ2n) is 9.54. The minimum Gasteiger partial charge on any atom is -0.492 e. The van der Waals surface area contributed by atoms with Gasteiger partial charge in [0.05, 0.1) is 59.7 Å². The highest BCUT2D eigenvalue weighted by molar-refractivity contribution is 6.05. The number of benzene rings is 2. The molecular formula is C30H33N7O3. The van der Waals surface area contributed by atoms with Gasteiger partial charge in [-0.3, -0.25) is 19.4 Å². The van der Waals surface area contributed by atoms with E-state index < -0.39 is 0 Å². The van der Waals surface area contributed by atoms with Crippen molar-refractivity contribution < 1.29 is 14.3 Å². The van der Waals surface area contributed by atoms with Gasteiger partial charge in [-0.2, -0.15) is 10.4 Å². The molecular weight excluding hydrogens is 506 g/mol. The van der Waals surface area contributed by atoms with Crippen LogP contribution in [0.1, 0.15) is 25.1 Å². The van der Waals surface area contributed by atoms with Gasteiger partial charge in [0.25, 0.3) is 0 Å². The first-order chi connectivity index (χ1) is 19.5. The van der Waals surface area contributed by atoms with Gasteiger partial charge in [0, 0.05) is 55.3 Å². The summed E-state index contributed by atoms with van der Waals surface area (Å²) in [6.07, 6.45) is 5.79. The maximum atomic E-state index is 12.9. The van der Waals surface area contributed by atoms with Gasteiger partial charge in [-0.25, -0.2) is 0 Å².